The van der Waals surface area contributed by atoms with Crippen LogP contribution in [0.25, 0.3) is 17.3 Å². The summed E-state index contributed by atoms with van der Waals surface area (Å²) in [6, 6.07) is 14.5. The molecule has 0 saturated heterocycles. The van der Waals surface area contributed by atoms with Crippen molar-refractivity contribution in [3.63, 3.8) is 0 Å². The molecule has 168 valence electrons. The number of carbonyl (C=O) groups is 1. The van der Waals surface area contributed by atoms with Gasteiger partial charge in [0, 0.05) is 18.7 Å². The number of ether oxygens (including phenoxy) is 1. The van der Waals surface area contributed by atoms with E-state index in [0.29, 0.717) is 30.1 Å². The molecule has 0 spiro atoms. The maximum atomic E-state index is 12.7. The molecule has 8 nitrogen and oxygen atoms in total. The van der Waals surface area contributed by atoms with Gasteiger partial charge in [0.1, 0.15) is 11.3 Å². The molecule has 1 aromatic heterocycles. The summed E-state index contributed by atoms with van der Waals surface area (Å²) >= 11 is 5.30. The molecular formula is C24H22N4O4S. The predicted molar refractivity (Wildman–Crippen MR) is 127 cm³/mol. The topological polar surface area (TPSA) is 109 Å². The van der Waals surface area contributed by atoms with Crippen molar-refractivity contribution in [3.05, 3.63) is 85.5 Å². The number of nitrogens with zero attached hydrogens (tertiary/aromatic N) is 2. The van der Waals surface area contributed by atoms with Gasteiger partial charge in [-0.3, -0.25) is 19.1 Å². The number of hydrogen-bond donors (Lipinski definition) is 3. The first-order valence-electron chi connectivity index (χ1n) is 10.2. The van der Waals surface area contributed by atoms with Gasteiger partial charge in [0.05, 0.1) is 23.9 Å². The van der Waals surface area contributed by atoms with Crippen molar-refractivity contribution in [1.82, 2.24) is 14.9 Å². The second-order valence-electron chi connectivity index (χ2n) is 7.40. The fraction of sp³-hybridized carbons (Fsp3) is 0.167. The molecule has 0 unspecified atom stereocenters. The molecule has 3 aromatic rings. The van der Waals surface area contributed by atoms with Gasteiger partial charge in [0.25, 0.3) is 5.56 Å². The van der Waals surface area contributed by atoms with Crippen molar-refractivity contribution in [2.45, 2.75) is 13.3 Å². The number of methoxy groups -OCH3 is 1. The number of nitrogens with one attached hydrogen (secondary N) is 2. The molecule has 0 fully saturated rings. The van der Waals surface area contributed by atoms with Crippen LogP contribution in [0.5, 0.6) is 11.6 Å². The summed E-state index contributed by atoms with van der Waals surface area (Å²) in [5.74, 6) is 0.228. The number of rotatable bonds is 6. The molecule has 1 amide bonds. The minimum atomic E-state index is -0.526. The van der Waals surface area contributed by atoms with Crippen molar-refractivity contribution in [1.29, 1.82) is 0 Å². The maximum Gasteiger partial charge on any atom is 0.262 e. The third-order valence-electron chi connectivity index (χ3n) is 5.26. The number of fused-ring (bicyclic) bond motifs is 1. The Morgan fingerprint density at radius 2 is 1.97 bits per heavy atom. The van der Waals surface area contributed by atoms with E-state index in [-0.39, 0.29) is 22.1 Å². The number of aromatic nitrogens is 2. The molecular weight excluding hydrogens is 440 g/mol. The lowest BCUT2D eigenvalue weighted by atomic mass is 10.1. The zero-order chi connectivity index (χ0) is 23.5. The quantitative estimate of drug-likeness (QED) is 0.486. The Morgan fingerprint density at radius 1 is 1.24 bits per heavy atom. The summed E-state index contributed by atoms with van der Waals surface area (Å²) in [5.41, 5.74) is 1.48. The number of para-hydroxylation sites is 1. The second kappa shape index (κ2) is 9.25. The van der Waals surface area contributed by atoms with Crippen molar-refractivity contribution >= 4 is 29.8 Å². The summed E-state index contributed by atoms with van der Waals surface area (Å²) in [6.45, 7) is 1.88. The first-order valence-corrected chi connectivity index (χ1v) is 10.7. The zero-order valence-electron chi connectivity index (χ0n) is 18.1. The van der Waals surface area contributed by atoms with Gasteiger partial charge in [-0.25, -0.2) is 4.99 Å². The van der Waals surface area contributed by atoms with E-state index >= 15 is 0 Å². The Hall–Kier alpha value is -3.98. The number of H-pyrrole nitrogens is 1. The van der Waals surface area contributed by atoms with Crippen LogP contribution in [0.2, 0.25) is 0 Å². The number of aromatic amines is 1. The minimum Gasteiger partial charge on any atom is -0.497 e. The van der Waals surface area contributed by atoms with E-state index < -0.39 is 5.56 Å². The smallest absolute Gasteiger partial charge is 0.262 e. The molecule has 2 aromatic carbocycles. The van der Waals surface area contributed by atoms with Crippen LogP contribution < -0.4 is 26.2 Å². The van der Waals surface area contributed by atoms with Gasteiger partial charge >= 0.3 is 0 Å². The number of carbonyl (C=O) groups excluding carboxylic acids is 1. The molecule has 0 atom stereocenters. The molecule has 33 heavy (non-hydrogen) atoms. The summed E-state index contributed by atoms with van der Waals surface area (Å²) in [7, 11) is 1.56. The van der Waals surface area contributed by atoms with Gasteiger partial charge in [0.2, 0.25) is 11.8 Å². The monoisotopic (exact) mass is 462 g/mol. The van der Waals surface area contributed by atoms with Crippen LogP contribution >= 0.6 is 12.2 Å². The number of hydrogen-bond acceptors (Lipinski definition) is 6. The minimum absolute atomic E-state index is 0.0306. The van der Waals surface area contributed by atoms with E-state index in [9.17, 15) is 14.7 Å². The van der Waals surface area contributed by atoms with Crippen LogP contribution in [-0.4, -0.2) is 34.2 Å². The third kappa shape index (κ3) is 4.49. The van der Waals surface area contributed by atoms with Crippen LogP contribution in [0.4, 0.5) is 0 Å². The maximum absolute atomic E-state index is 12.7. The van der Waals surface area contributed by atoms with Gasteiger partial charge in [-0.1, -0.05) is 18.2 Å². The highest BCUT2D eigenvalue weighted by Gasteiger charge is 2.18. The number of allylic oxidation sites excluding steroid dienone is 1. The first kappa shape index (κ1) is 22.2. The average Bonchev–Trinajstić information content (AvgIpc) is 3.14. The Labute approximate surface area is 194 Å². The average molecular weight is 463 g/mol. The van der Waals surface area contributed by atoms with Gasteiger partial charge < -0.3 is 15.2 Å². The standard InChI is InChI=1S/C24H22N4O4S/c1-14(29)25-12-11-18-17-5-3-4-6-20(17)26-21(18)13-19-22(30)27-24(33)28(23(19)31)15-7-9-16(32-2)10-8-15/h3-10,13,31H,11-12H2,1-2H3,(H,25,29)(H,27,30,33)/b21-13-. The fourth-order valence-electron chi connectivity index (χ4n) is 3.68. The third-order valence-corrected chi connectivity index (χ3v) is 5.55. The summed E-state index contributed by atoms with van der Waals surface area (Å²) in [4.78, 5) is 31.3. The van der Waals surface area contributed by atoms with Crippen LogP contribution in [0.15, 0.2) is 64.0 Å². The van der Waals surface area contributed by atoms with E-state index in [1.807, 2.05) is 24.3 Å². The summed E-state index contributed by atoms with van der Waals surface area (Å²) in [6.07, 6.45) is 2.06. The molecule has 0 aliphatic carbocycles. The Kier molecular flexibility index (Phi) is 6.23. The number of benzene rings is 2. The van der Waals surface area contributed by atoms with Crippen LogP contribution in [-0.2, 0) is 4.79 Å². The Morgan fingerprint density at radius 3 is 2.67 bits per heavy atom. The van der Waals surface area contributed by atoms with E-state index in [2.05, 4.69) is 15.3 Å². The van der Waals surface area contributed by atoms with Crippen molar-refractivity contribution in [2.24, 2.45) is 4.99 Å². The lowest BCUT2D eigenvalue weighted by Gasteiger charge is -2.12. The molecule has 1 aliphatic rings. The molecule has 2 heterocycles. The van der Waals surface area contributed by atoms with Crippen molar-refractivity contribution in [2.75, 3.05) is 13.7 Å². The highest BCUT2D eigenvalue weighted by molar-refractivity contribution is 7.71. The van der Waals surface area contributed by atoms with E-state index in [0.717, 1.165) is 16.1 Å². The molecule has 9 heteroatoms. The number of aromatic hydroxyl groups is 1. The van der Waals surface area contributed by atoms with E-state index in [1.165, 1.54) is 11.5 Å². The van der Waals surface area contributed by atoms with Crippen LogP contribution in [0, 0.1) is 4.77 Å². The van der Waals surface area contributed by atoms with Crippen molar-refractivity contribution < 1.29 is 14.6 Å². The normalized spacial score (nSPS) is 13.5. The van der Waals surface area contributed by atoms with Gasteiger partial charge in [-0.05, 0) is 60.6 Å². The molecule has 1 aliphatic heterocycles. The first-order chi connectivity index (χ1) is 15.9. The largest absolute Gasteiger partial charge is 0.497 e. The van der Waals surface area contributed by atoms with E-state index in [1.54, 1.807) is 37.5 Å². The number of amides is 1. The second-order valence-corrected chi connectivity index (χ2v) is 7.79. The SMILES string of the molecule is COc1ccc(-n2c(O)c(/C=C3\N=c4ccccc4=C3CCNC(C)=O)c(=O)[nH]c2=S)cc1. The Bertz CT molecular complexity index is 1500. The van der Waals surface area contributed by atoms with Gasteiger partial charge in [0.15, 0.2) is 4.77 Å². The fourth-order valence-corrected chi connectivity index (χ4v) is 3.97. The lowest BCUT2D eigenvalue weighted by Crippen LogP contribution is -2.25. The van der Waals surface area contributed by atoms with Crippen LogP contribution in [0.3, 0.4) is 0 Å². The van der Waals surface area contributed by atoms with Crippen LogP contribution in [0.1, 0.15) is 18.9 Å². The van der Waals surface area contributed by atoms with Gasteiger partial charge in [-0.15, -0.1) is 0 Å². The zero-order valence-corrected chi connectivity index (χ0v) is 18.9. The molecule has 0 saturated carbocycles. The molecule has 3 N–H and O–H groups in total. The van der Waals surface area contributed by atoms with E-state index in [4.69, 9.17) is 17.0 Å². The summed E-state index contributed by atoms with van der Waals surface area (Å²) < 4.78 is 6.62. The lowest BCUT2D eigenvalue weighted by molar-refractivity contribution is -0.118. The summed E-state index contributed by atoms with van der Waals surface area (Å²) in [5, 5.41) is 15.5. The van der Waals surface area contributed by atoms with Gasteiger partial charge in [-0.2, -0.15) is 0 Å². The predicted octanol–water partition coefficient (Wildman–Crippen LogP) is 1.96. The highest BCUT2D eigenvalue weighted by atomic mass is 32.1. The Balaban J connectivity index is 1.84. The molecule has 0 radical (unpaired) electrons. The molecule has 4 rings (SSSR count). The van der Waals surface area contributed by atoms with Crippen molar-refractivity contribution in [3.8, 4) is 17.3 Å². The molecule has 0 bridgehead atoms. The highest BCUT2D eigenvalue weighted by Crippen LogP contribution is 2.26.